The lowest BCUT2D eigenvalue weighted by Gasteiger charge is -2.26. The smallest absolute Gasteiger partial charge is 0.318 e. The summed E-state index contributed by atoms with van der Waals surface area (Å²) in [5, 5.41) is 10.5. The van der Waals surface area contributed by atoms with Gasteiger partial charge in [-0.3, -0.25) is 15.0 Å². The summed E-state index contributed by atoms with van der Waals surface area (Å²) in [5.41, 5.74) is 4.87. The highest BCUT2D eigenvalue weighted by Crippen LogP contribution is 2.00. The maximum absolute atomic E-state index is 11.5. The Balaban J connectivity index is 4.38. The molecular formula is C10H18N4O3. The number of nitriles is 1. The average Bonchev–Trinajstić information content (AvgIpc) is 2.27. The van der Waals surface area contributed by atoms with Gasteiger partial charge in [0, 0.05) is 26.6 Å². The lowest BCUT2D eigenvalue weighted by atomic mass is 10.2. The normalized spacial score (nSPS) is 11.9. The van der Waals surface area contributed by atoms with Crippen LogP contribution in [0.1, 0.15) is 13.3 Å². The van der Waals surface area contributed by atoms with E-state index in [2.05, 4.69) is 0 Å². The van der Waals surface area contributed by atoms with Crippen LogP contribution >= 0.6 is 0 Å². The Morgan fingerprint density at radius 2 is 2.18 bits per heavy atom. The van der Waals surface area contributed by atoms with E-state index < -0.39 is 18.0 Å². The van der Waals surface area contributed by atoms with Crippen LogP contribution in [-0.4, -0.2) is 49.7 Å². The van der Waals surface area contributed by atoms with Crippen LogP contribution in [0.3, 0.4) is 0 Å². The molecule has 0 aliphatic rings. The molecular weight excluding hydrogens is 224 g/mol. The van der Waals surface area contributed by atoms with Crippen LogP contribution in [0, 0.1) is 11.3 Å². The first kappa shape index (κ1) is 15.3. The molecule has 7 nitrogen and oxygen atoms in total. The van der Waals surface area contributed by atoms with Crippen LogP contribution in [0.5, 0.6) is 0 Å². The third-order valence-corrected chi connectivity index (χ3v) is 2.27. The van der Waals surface area contributed by atoms with Crippen molar-refractivity contribution in [3.05, 3.63) is 0 Å². The van der Waals surface area contributed by atoms with Crippen LogP contribution in [-0.2, 0) is 9.53 Å². The molecule has 3 amide bonds. The van der Waals surface area contributed by atoms with Gasteiger partial charge in [-0.2, -0.15) is 5.26 Å². The maximum atomic E-state index is 11.5. The number of carbonyl (C=O) groups excluding carboxylic acids is 2. The number of ether oxygens (including phenoxy) is 1. The average molecular weight is 242 g/mol. The van der Waals surface area contributed by atoms with E-state index in [0.717, 1.165) is 0 Å². The van der Waals surface area contributed by atoms with E-state index in [-0.39, 0.29) is 0 Å². The minimum absolute atomic E-state index is 0.303. The number of imide groups is 1. The van der Waals surface area contributed by atoms with Crippen molar-refractivity contribution in [1.29, 1.82) is 5.26 Å². The fraction of sp³-hybridized carbons (Fsp3) is 0.700. The molecule has 0 fully saturated rings. The van der Waals surface area contributed by atoms with Gasteiger partial charge in [0.05, 0.1) is 18.7 Å². The zero-order chi connectivity index (χ0) is 13.3. The zero-order valence-corrected chi connectivity index (χ0v) is 10.1. The zero-order valence-electron chi connectivity index (χ0n) is 10.1. The Kier molecular flexibility index (Phi) is 7.67. The van der Waals surface area contributed by atoms with Crippen LogP contribution in [0.2, 0.25) is 0 Å². The van der Waals surface area contributed by atoms with Gasteiger partial charge in [-0.25, -0.2) is 4.79 Å². The number of nitrogens with one attached hydrogen (secondary N) is 1. The van der Waals surface area contributed by atoms with Crippen molar-refractivity contribution in [2.24, 2.45) is 5.73 Å². The molecule has 17 heavy (non-hydrogen) atoms. The predicted molar refractivity (Wildman–Crippen MR) is 60.9 cm³/mol. The van der Waals surface area contributed by atoms with Gasteiger partial charge >= 0.3 is 6.03 Å². The van der Waals surface area contributed by atoms with Crippen molar-refractivity contribution in [1.82, 2.24) is 10.2 Å². The van der Waals surface area contributed by atoms with Crippen molar-refractivity contribution in [2.45, 2.75) is 19.4 Å². The Morgan fingerprint density at radius 3 is 2.65 bits per heavy atom. The lowest BCUT2D eigenvalue weighted by Crippen LogP contribution is -2.49. The first-order chi connectivity index (χ1) is 8.02. The molecule has 0 aromatic carbocycles. The Hall–Kier alpha value is -1.65. The van der Waals surface area contributed by atoms with Gasteiger partial charge in [0.2, 0.25) is 5.91 Å². The van der Waals surface area contributed by atoms with Crippen molar-refractivity contribution < 1.29 is 14.3 Å². The van der Waals surface area contributed by atoms with Crippen LogP contribution in [0.15, 0.2) is 0 Å². The van der Waals surface area contributed by atoms with E-state index in [1.165, 1.54) is 0 Å². The number of methoxy groups -OCH3 is 1. The molecule has 0 aliphatic heterocycles. The molecule has 0 radical (unpaired) electrons. The van der Waals surface area contributed by atoms with E-state index in [0.29, 0.717) is 26.1 Å². The molecule has 3 N–H and O–H groups in total. The second-order valence-electron chi connectivity index (χ2n) is 3.47. The number of carbonyl (C=O) groups is 2. The minimum atomic E-state index is -0.881. The fourth-order valence-electron chi connectivity index (χ4n) is 1.29. The van der Waals surface area contributed by atoms with Gasteiger partial charge in [0.15, 0.2) is 0 Å². The van der Waals surface area contributed by atoms with Crippen LogP contribution in [0.25, 0.3) is 0 Å². The number of amides is 3. The number of nitrogens with zero attached hydrogens (tertiary/aromatic N) is 2. The Bertz CT molecular complexity index is 300. The van der Waals surface area contributed by atoms with Gasteiger partial charge < -0.3 is 10.5 Å². The summed E-state index contributed by atoms with van der Waals surface area (Å²) in [5.74, 6) is -0.480. The van der Waals surface area contributed by atoms with Gasteiger partial charge in [0.1, 0.15) is 0 Å². The van der Waals surface area contributed by atoms with E-state index in [4.69, 9.17) is 15.7 Å². The van der Waals surface area contributed by atoms with Crippen molar-refractivity contribution in [3.8, 4) is 6.07 Å². The summed E-state index contributed by atoms with van der Waals surface area (Å²) < 4.78 is 4.92. The first-order valence-electron chi connectivity index (χ1n) is 5.23. The standard InChI is InChI=1S/C10H18N4O3/c1-8(9(15)13-10(12)16)14(5-3-4-11)6-7-17-2/h8H,3,5-7H2,1-2H3,(H3,12,13,15,16). The van der Waals surface area contributed by atoms with Gasteiger partial charge in [-0.05, 0) is 6.92 Å². The number of urea groups is 1. The van der Waals surface area contributed by atoms with E-state index >= 15 is 0 Å². The molecule has 96 valence electrons. The second kappa shape index (κ2) is 8.50. The summed E-state index contributed by atoms with van der Waals surface area (Å²) in [7, 11) is 1.55. The number of rotatable bonds is 7. The number of hydrogen-bond acceptors (Lipinski definition) is 5. The molecule has 0 saturated carbocycles. The third kappa shape index (κ3) is 6.50. The second-order valence-corrected chi connectivity index (χ2v) is 3.47. The summed E-state index contributed by atoms with van der Waals surface area (Å²) >= 11 is 0. The van der Waals surface area contributed by atoms with Gasteiger partial charge in [0.25, 0.3) is 0 Å². The minimum Gasteiger partial charge on any atom is -0.383 e. The monoisotopic (exact) mass is 242 g/mol. The summed E-state index contributed by atoms with van der Waals surface area (Å²) in [6.07, 6.45) is 0.303. The van der Waals surface area contributed by atoms with Crippen molar-refractivity contribution in [3.63, 3.8) is 0 Å². The molecule has 0 aliphatic carbocycles. The highest BCUT2D eigenvalue weighted by atomic mass is 16.5. The highest BCUT2D eigenvalue weighted by molar-refractivity contribution is 5.96. The molecule has 0 aromatic heterocycles. The summed E-state index contributed by atoms with van der Waals surface area (Å²) in [6.45, 7) is 3.03. The largest absolute Gasteiger partial charge is 0.383 e. The Morgan fingerprint density at radius 1 is 1.53 bits per heavy atom. The van der Waals surface area contributed by atoms with Crippen molar-refractivity contribution in [2.75, 3.05) is 26.8 Å². The molecule has 7 heteroatoms. The van der Waals surface area contributed by atoms with E-state index in [1.807, 2.05) is 11.4 Å². The Labute approximate surface area is 101 Å². The third-order valence-electron chi connectivity index (χ3n) is 2.27. The van der Waals surface area contributed by atoms with Gasteiger partial charge in [-0.1, -0.05) is 0 Å². The van der Waals surface area contributed by atoms with Crippen molar-refractivity contribution >= 4 is 11.9 Å². The van der Waals surface area contributed by atoms with Gasteiger partial charge in [-0.15, -0.1) is 0 Å². The number of nitrogens with two attached hydrogens (primary N) is 1. The quantitative estimate of drug-likeness (QED) is 0.621. The molecule has 0 bridgehead atoms. The summed E-state index contributed by atoms with van der Waals surface area (Å²) in [6, 6.07) is 0.587. The number of hydrogen-bond donors (Lipinski definition) is 2. The van der Waals surface area contributed by atoms with Crippen LogP contribution < -0.4 is 11.1 Å². The number of primary amides is 1. The lowest BCUT2D eigenvalue weighted by molar-refractivity contribution is -0.124. The predicted octanol–water partition coefficient (Wildman–Crippen LogP) is -0.568. The topological polar surface area (TPSA) is 108 Å². The molecule has 1 unspecified atom stereocenters. The SMILES string of the molecule is COCCN(CCC#N)C(C)C(=O)NC(N)=O. The molecule has 0 heterocycles. The molecule has 0 saturated heterocycles. The highest BCUT2D eigenvalue weighted by Gasteiger charge is 2.21. The van der Waals surface area contributed by atoms with Crippen LogP contribution in [0.4, 0.5) is 4.79 Å². The van der Waals surface area contributed by atoms with E-state index in [9.17, 15) is 9.59 Å². The first-order valence-corrected chi connectivity index (χ1v) is 5.23. The molecule has 0 aromatic rings. The van der Waals surface area contributed by atoms with E-state index in [1.54, 1.807) is 18.9 Å². The molecule has 0 rings (SSSR count). The molecule has 1 atom stereocenters. The summed E-state index contributed by atoms with van der Waals surface area (Å²) in [4.78, 5) is 23.9. The maximum Gasteiger partial charge on any atom is 0.318 e. The fourth-order valence-corrected chi connectivity index (χ4v) is 1.29. The molecule has 0 spiro atoms.